The van der Waals surface area contributed by atoms with E-state index in [0.717, 1.165) is 49.9 Å². The lowest BCUT2D eigenvalue weighted by Gasteiger charge is -2.27. The Hall–Kier alpha value is -1.47. The number of ether oxygens (including phenoxy) is 1. The van der Waals surface area contributed by atoms with Crippen molar-refractivity contribution in [3.63, 3.8) is 0 Å². The summed E-state index contributed by atoms with van der Waals surface area (Å²) in [6, 6.07) is 8.72. The highest BCUT2D eigenvalue weighted by Gasteiger charge is 2.23. The maximum absolute atomic E-state index is 5.41. The molecule has 1 fully saturated rings. The number of nitrogens with zero attached hydrogens (tertiary/aromatic N) is 3. The normalized spacial score (nSPS) is 22.3. The predicted octanol–water partition coefficient (Wildman–Crippen LogP) is 3.01. The third-order valence-corrected chi connectivity index (χ3v) is 5.77. The van der Waals surface area contributed by atoms with Crippen LogP contribution in [0.25, 0.3) is 10.2 Å². The minimum Gasteiger partial charge on any atom is -0.379 e. The summed E-state index contributed by atoms with van der Waals surface area (Å²) >= 11 is 1.73. The van der Waals surface area contributed by atoms with Crippen LogP contribution in [0.3, 0.4) is 0 Å². The molecule has 1 saturated heterocycles. The number of para-hydroxylation sites is 1. The summed E-state index contributed by atoms with van der Waals surface area (Å²) in [5, 5.41) is 3.12. The molecule has 24 heavy (non-hydrogen) atoms. The van der Waals surface area contributed by atoms with Crippen LogP contribution in [0.4, 0.5) is 5.13 Å². The topological polar surface area (TPSA) is 40.6 Å². The lowest BCUT2D eigenvalue weighted by atomic mass is 10.1. The van der Waals surface area contributed by atoms with Crippen LogP contribution in [0.15, 0.2) is 36.0 Å². The second-order valence-corrected chi connectivity index (χ2v) is 7.49. The van der Waals surface area contributed by atoms with Gasteiger partial charge in [-0.1, -0.05) is 23.5 Å². The Morgan fingerprint density at radius 1 is 1.29 bits per heavy atom. The van der Waals surface area contributed by atoms with E-state index in [4.69, 9.17) is 9.72 Å². The van der Waals surface area contributed by atoms with Gasteiger partial charge in [0.25, 0.3) is 0 Å². The number of hydrogen-bond donors (Lipinski definition) is 1. The van der Waals surface area contributed by atoms with Gasteiger partial charge in [0, 0.05) is 25.3 Å². The van der Waals surface area contributed by atoms with E-state index in [-0.39, 0.29) is 0 Å². The van der Waals surface area contributed by atoms with Gasteiger partial charge >= 0.3 is 0 Å². The van der Waals surface area contributed by atoms with Crippen LogP contribution in [0.2, 0.25) is 0 Å². The van der Waals surface area contributed by atoms with Crippen LogP contribution in [0, 0.1) is 0 Å². The molecule has 0 spiro atoms. The molecule has 0 radical (unpaired) electrons. The summed E-state index contributed by atoms with van der Waals surface area (Å²) in [5.74, 6) is 0. The molecule has 4 rings (SSSR count). The van der Waals surface area contributed by atoms with Crippen LogP contribution in [0.5, 0.6) is 0 Å². The van der Waals surface area contributed by atoms with Gasteiger partial charge in [0.05, 0.1) is 23.4 Å². The van der Waals surface area contributed by atoms with E-state index < -0.39 is 0 Å². The highest BCUT2D eigenvalue weighted by molar-refractivity contribution is 7.22. The SMILES string of the molecule is CC1=CN(c2nc3ccccc3s2)NC1CCCN1CCOCC1. The van der Waals surface area contributed by atoms with Crippen molar-refractivity contribution in [1.82, 2.24) is 15.3 Å². The molecule has 1 atom stereocenters. The maximum Gasteiger partial charge on any atom is 0.205 e. The predicted molar refractivity (Wildman–Crippen MR) is 99.3 cm³/mol. The highest BCUT2D eigenvalue weighted by Crippen LogP contribution is 2.30. The van der Waals surface area contributed by atoms with Crippen LogP contribution in [-0.2, 0) is 4.74 Å². The van der Waals surface area contributed by atoms with E-state index >= 15 is 0 Å². The van der Waals surface area contributed by atoms with Crippen LogP contribution in [0.1, 0.15) is 19.8 Å². The van der Waals surface area contributed by atoms with E-state index in [0.29, 0.717) is 6.04 Å². The van der Waals surface area contributed by atoms with Gasteiger partial charge in [-0.15, -0.1) is 0 Å². The third kappa shape index (κ3) is 3.47. The van der Waals surface area contributed by atoms with E-state index in [9.17, 15) is 0 Å². The monoisotopic (exact) mass is 344 g/mol. The summed E-state index contributed by atoms with van der Waals surface area (Å²) in [7, 11) is 0. The van der Waals surface area contributed by atoms with Gasteiger partial charge < -0.3 is 4.74 Å². The second kappa shape index (κ2) is 7.19. The van der Waals surface area contributed by atoms with Crippen molar-refractivity contribution < 1.29 is 4.74 Å². The number of anilines is 1. The van der Waals surface area contributed by atoms with Gasteiger partial charge in [-0.2, -0.15) is 0 Å². The summed E-state index contributed by atoms with van der Waals surface area (Å²) < 4.78 is 6.64. The Morgan fingerprint density at radius 3 is 2.96 bits per heavy atom. The first kappa shape index (κ1) is 16.0. The average molecular weight is 344 g/mol. The molecule has 0 aliphatic carbocycles. The molecule has 3 heterocycles. The molecule has 0 bridgehead atoms. The Morgan fingerprint density at radius 2 is 2.12 bits per heavy atom. The maximum atomic E-state index is 5.41. The zero-order valence-electron chi connectivity index (χ0n) is 14.1. The fourth-order valence-electron chi connectivity index (χ4n) is 3.31. The Kier molecular flexibility index (Phi) is 4.80. The van der Waals surface area contributed by atoms with Crippen molar-refractivity contribution in [3.05, 3.63) is 36.0 Å². The third-order valence-electron chi connectivity index (χ3n) is 4.74. The first-order chi connectivity index (χ1) is 11.8. The van der Waals surface area contributed by atoms with Gasteiger partial charge in [0.15, 0.2) is 0 Å². The van der Waals surface area contributed by atoms with Crippen LogP contribution >= 0.6 is 11.3 Å². The first-order valence-electron chi connectivity index (χ1n) is 8.69. The summed E-state index contributed by atoms with van der Waals surface area (Å²) in [6.45, 7) is 7.28. The van der Waals surface area contributed by atoms with E-state index in [1.54, 1.807) is 11.3 Å². The molecule has 0 saturated carbocycles. The summed E-state index contributed by atoms with van der Waals surface area (Å²) in [5.41, 5.74) is 6.06. The van der Waals surface area contributed by atoms with E-state index in [1.165, 1.54) is 16.7 Å². The molecular weight excluding hydrogens is 320 g/mol. The van der Waals surface area contributed by atoms with Gasteiger partial charge in [-0.25, -0.2) is 10.4 Å². The van der Waals surface area contributed by atoms with Gasteiger partial charge in [-0.3, -0.25) is 9.91 Å². The molecule has 0 amide bonds. The van der Waals surface area contributed by atoms with Gasteiger partial charge in [0.2, 0.25) is 5.13 Å². The Bertz CT molecular complexity index is 690. The minimum absolute atomic E-state index is 0.415. The Labute approximate surface area is 146 Å². The molecule has 1 aromatic heterocycles. The summed E-state index contributed by atoms with van der Waals surface area (Å²) in [4.78, 5) is 7.24. The largest absolute Gasteiger partial charge is 0.379 e. The van der Waals surface area contributed by atoms with Crippen molar-refractivity contribution in [1.29, 1.82) is 0 Å². The number of thiazole rings is 1. The number of morpholine rings is 1. The van der Waals surface area contributed by atoms with Crippen molar-refractivity contribution in [3.8, 4) is 0 Å². The second-order valence-electron chi connectivity index (χ2n) is 6.49. The Balaban J connectivity index is 1.33. The molecule has 1 unspecified atom stereocenters. The number of aromatic nitrogens is 1. The van der Waals surface area contributed by atoms with E-state index in [1.807, 2.05) is 6.07 Å². The number of benzene rings is 1. The fourth-order valence-corrected chi connectivity index (χ4v) is 4.22. The van der Waals surface area contributed by atoms with Gasteiger partial charge in [-0.05, 0) is 44.0 Å². The smallest absolute Gasteiger partial charge is 0.205 e. The minimum atomic E-state index is 0.415. The molecular formula is C18H24N4OS. The quantitative estimate of drug-likeness (QED) is 0.903. The van der Waals surface area contributed by atoms with Crippen LogP contribution in [-0.4, -0.2) is 48.8 Å². The number of rotatable bonds is 5. The number of hydrazine groups is 1. The van der Waals surface area contributed by atoms with Crippen molar-refractivity contribution in [2.24, 2.45) is 0 Å². The van der Waals surface area contributed by atoms with Crippen molar-refractivity contribution in [2.45, 2.75) is 25.8 Å². The highest BCUT2D eigenvalue weighted by atomic mass is 32.1. The van der Waals surface area contributed by atoms with Gasteiger partial charge in [0.1, 0.15) is 0 Å². The first-order valence-corrected chi connectivity index (χ1v) is 9.51. The van der Waals surface area contributed by atoms with Crippen molar-refractivity contribution in [2.75, 3.05) is 37.9 Å². The number of hydrogen-bond acceptors (Lipinski definition) is 6. The van der Waals surface area contributed by atoms with Crippen LogP contribution < -0.4 is 10.4 Å². The molecule has 5 nitrogen and oxygen atoms in total. The molecule has 2 aliphatic heterocycles. The molecule has 6 heteroatoms. The molecule has 2 aliphatic rings. The molecule has 1 aromatic carbocycles. The zero-order valence-corrected chi connectivity index (χ0v) is 14.9. The van der Waals surface area contributed by atoms with E-state index in [2.05, 4.69) is 46.7 Å². The summed E-state index contributed by atoms with van der Waals surface area (Å²) in [6.07, 6.45) is 4.55. The molecule has 128 valence electrons. The van der Waals surface area contributed by atoms with Crippen molar-refractivity contribution >= 4 is 26.7 Å². The lowest BCUT2D eigenvalue weighted by Crippen LogP contribution is -2.39. The number of nitrogens with one attached hydrogen (secondary N) is 1. The zero-order chi connectivity index (χ0) is 16.4. The lowest BCUT2D eigenvalue weighted by molar-refractivity contribution is 0.0370. The molecule has 2 aromatic rings. The molecule has 1 N–H and O–H groups in total. The standard InChI is InChI=1S/C18H24N4OS/c1-14-13-22(18-19-16-5-2-3-7-17(16)24-18)20-15(14)6-4-8-21-9-11-23-12-10-21/h2-3,5,7,13,15,20H,4,6,8-12H2,1H3. The fraction of sp³-hybridized carbons (Fsp3) is 0.500. The average Bonchev–Trinajstić information content (AvgIpc) is 3.19. The number of fused-ring (bicyclic) bond motifs is 1.